The number of hydrogen-bond acceptors (Lipinski definition) is 5. The molecule has 0 radical (unpaired) electrons. The number of rotatable bonds is 5. The molecule has 1 fully saturated rings. The van der Waals surface area contributed by atoms with Gasteiger partial charge in [-0.15, -0.1) is 0 Å². The first-order valence-electron chi connectivity index (χ1n) is 10.9. The average Bonchev–Trinajstić information content (AvgIpc) is 3.15. The zero-order chi connectivity index (χ0) is 25.4. The molecule has 1 saturated heterocycles. The maximum Gasteiger partial charge on any atom is 0.420 e. The number of fused-ring (bicyclic) bond motifs is 3. The Morgan fingerprint density at radius 1 is 1.09 bits per heavy atom. The molecule has 186 valence electrons. The summed E-state index contributed by atoms with van der Waals surface area (Å²) in [6, 6.07) is 13.5. The highest BCUT2D eigenvalue weighted by Crippen LogP contribution is 2.44. The van der Waals surface area contributed by atoms with Gasteiger partial charge in [0.2, 0.25) is 5.54 Å². The molecule has 1 heterocycles. The Balaban J connectivity index is 1.52. The second-order valence-corrected chi connectivity index (χ2v) is 9.65. The Hall–Kier alpha value is -3.21. The van der Waals surface area contributed by atoms with Crippen LogP contribution in [0.5, 0.6) is 0 Å². The van der Waals surface area contributed by atoms with E-state index in [-0.39, 0.29) is 30.6 Å². The molecule has 1 aliphatic heterocycles. The largest absolute Gasteiger partial charge is 0.480 e. The predicted octanol–water partition coefficient (Wildman–Crippen LogP) is 3.87. The minimum absolute atomic E-state index is 0.0417. The van der Waals surface area contributed by atoms with Gasteiger partial charge in [-0.05, 0) is 29.2 Å². The second-order valence-electron chi connectivity index (χ2n) is 8.50. The maximum absolute atomic E-state index is 14.1. The summed E-state index contributed by atoms with van der Waals surface area (Å²) in [5.41, 5.74) is 0.313. The summed E-state index contributed by atoms with van der Waals surface area (Å²) in [7, 11) is 0. The van der Waals surface area contributed by atoms with E-state index >= 15 is 0 Å². The molecular weight excluding hydrogens is 485 g/mol. The molecule has 35 heavy (non-hydrogen) atoms. The lowest BCUT2D eigenvalue weighted by atomic mass is 9.98. The first kappa shape index (κ1) is 24.9. The topological polar surface area (TPSA) is 95.9 Å². The molecular formula is C24H23F3N2O5S. The third-order valence-electron chi connectivity index (χ3n) is 6.36. The summed E-state index contributed by atoms with van der Waals surface area (Å²) in [5.74, 6) is -3.08. The predicted molar refractivity (Wildman–Crippen MR) is 123 cm³/mol. The van der Waals surface area contributed by atoms with Crippen molar-refractivity contribution in [3.63, 3.8) is 0 Å². The summed E-state index contributed by atoms with van der Waals surface area (Å²) in [5, 5.41) is 11.1. The first-order valence-corrected chi connectivity index (χ1v) is 12.0. The lowest BCUT2D eigenvalue weighted by molar-refractivity contribution is -0.202. The molecule has 2 aromatic rings. The van der Waals surface area contributed by atoms with Crippen LogP contribution in [-0.2, 0) is 14.3 Å². The minimum Gasteiger partial charge on any atom is -0.480 e. The number of nitrogens with zero attached hydrogens (tertiary/aromatic N) is 1. The van der Waals surface area contributed by atoms with E-state index in [0.29, 0.717) is 11.8 Å². The summed E-state index contributed by atoms with van der Waals surface area (Å²) in [6.07, 6.45) is -6.61. The quantitative estimate of drug-likeness (QED) is 0.637. The van der Waals surface area contributed by atoms with Crippen LogP contribution >= 0.6 is 11.8 Å². The molecule has 11 heteroatoms. The number of aliphatic carboxylic acids is 1. The van der Waals surface area contributed by atoms with Crippen molar-refractivity contribution in [3.05, 3.63) is 59.7 Å². The van der Waals surface area contributed by atoms with Gasteiger partial charge >= 0.3 is 18.2 Å². The molecule has 4 rings (SSSR count). The van der Waals surface area contributed by atoms with Crippen LogP contribution < -0.4 is 5.32 Å². The van der Waals surface area contributed by atoms with E-state index in [1.807, 2.05) is 48.5 Å². The lowest BCUT2D eigenvalue weighted by Crippen LogP contribution is -2.68. The normalized spacial score (nSPS) is 19.3. The molecule has 0 saturated carbocycles. The third kappa shape index (κ3) is 4.56. The molecule has 0 aromatic heterocycles. The van der Waals surface area contributed by atoms with Gasteiger partial charge in [0.15, 0.2) is 0 Å². The van der Waals surface area contributed by atoms with Crippen molar-refractivity contribution in [3.8, 4) is 11.1 Å². The SMILES string of the molecule is CC(NC(=O)OCC1c2ccccc2-c2ccccc21)(C(=O)N1CCSCC1C(=O)O)C(F)(F)F. The first-order chi connectivity index (χ1) is 16.5. The summed E-state index contributed by atoms with van der Waals surface area (Å²) in [6.45, 7) is 0.107. The van der Waals surface area contributed by atoms with Crippen LogP contribution in [0.25, 0.3) is 11.1 Å². The molecule has 2 amide bonds. The highest BCUT2D eigenvalue weighted by molar-refractivity contribution is 7.99. The van der Waals surface area contributed by atoms with Crippen LogP contribution in [0.2, 0.25) is 0 Å². The Labute approximate surface area is 203 Å². The van der Waals surface area contributed by atoms with E-state index in [0.717, 1.165) is 22.3 Å². The highest BCUT2D eigenvalue weighted by atomic mass is 32.2. The number of benzene rings is 2. The van der Waals surface area contributed by atoms with E-state index in [9.17, 15) is 32.7 Å². The van der Waals surface area contributed by atoms with Crippen LogP contribution in [0, 0.1) is 0 Å². The van der Waals surface area contributed by atoms with Crippen molar-refractivity contribution in [2.24, 2.45) is 0 Å². The summed E-state index contributed by atoms with van der Waals surface area (Å²) < 4.78 is 47.4. The van der Waals surface area contributed by atoms with Gasteiger partial charge in [0, 0.05) is 24.0 Å². The standard InChI is InChI=1S/C24H23F3N2O5S/c1-23(24(25,26)27,21(32)29-10-11-35-13-19(29)20(30)31)28-22(33)34-12-18-16-8-4-2-6-14(16)15-7-3-5-9-17(15)18/h2-9,18-19H,10-13H2,1H3,(H,28,33)(H,30,31). The van der Waals surface area contributed by atoms with E-state index in [1.165, 1.54) is 11.8 Å². The van der Waals surface area contributed by atoms with E-state index in [2.05, 4.69) is 0 Å². The summed E-state index contributed by atoms with van der Waals surface area (Å²) >= 11 is 1.23. The van der Waals surface area contributed by atoms with Gasteiger partial charge in [0.05, 0.1) is 0 Å². The Morgan fingerprint density at radius 2 is 1.66 bits per heavy atom. The number of carbonyl (C=O) groups excluding carboxylic acids is 2. The molecule has 0 bridgehead atoms. The van der Waals surface area contributed by atoms with Gasteiger partial charge in [0.1, 0.15) is 12.6 Å². The number of amides is 2. The fourth-order valence-electron chi connectivity index (χ4n) is 4.42. The van der Waals surface area contributed by atoms with Crippen LogP contribution in [0.3, 0.4) is 0 Å². The van der Waals surface area contributed by atoms with Crippen LogP contribution in [0.1, 0.15) is 24.0 Å². The minimum atomic E-state index is -5.19. The average molecular weight is 509 g/mol. The van der Waals surface area contributed by atoms with Gasteiger partial charge in [-0.3, -0.25) is 10.1 Å². The van der Waals surface area contributed by atoms with Crippen LogP contribution in [0.15, 0.2) is 48.5 Å². The fourth-order valence-corrected chi connectivity index (χ4v) is 5.46. The van der Waals surface area contributed by atoms with Crippen molar-refractivity contribution in [1.82, 2.24) is 10.2 Å². The highest BCUT2D eigenvalue weighted by Gasteiger charge is 2.60. The smallest absolute Gasteiger partial charge is 0.420 e. The van der Waals surface area contributed by atoms with Crippen molar-refractivity contribution >= 4 is 29.7 Å². The van der Waals surface area contributed by atoms with Gasteiger partial charge in [-0.25, -0.2) is 9.59 Å². The van der Waals surface area contributed by atoms with Crippen molar-refractivity contribution in [2.75, 3.05) is 24.7 Å². The molecule has 2 aromatic carbocycles. The van der Waals surface area contributed by atoms with Crippen molar-refractivity contribution < 1.29 is 37.4 Å². The Kier molecular flexibility index (Phi) is 6.72. The zero-order valence-electron chi connectivity index (χ0n) is 18.7. The number of thioether (sulfide) groups is 1. The Bertz CT molecular complexity index is 1110. The fraction of sp³-hybridized carbons (Fsp3) is 0.375. The number of carbonyl (C=O) groups is 3. The molecule has 2 N–H and O–H groups in total. The van der Waals surface area contributed by atoms with Crippen molar-refractivity contribution in [1.29, 1.82) is 0 Å². The molecule has 2 unspecified atom stereocenters. The second kappa shape index (κ2) is 9.44. The Morgan fingerprint density at radius 3 is 2.20 bits per heavy atom. The molecule has 2 atom stereocenters. The number of halogens is 3. The van der Waals surface area contributed by atoms with E-state index in [4.69, 9.17) is 4.74 Å². The molecule has 7 nitrogen and oxygen atoms in total. The van der Waals surface area contributed by atoms with E-state index in [1.54, 1.807) is 5.32 Å². The third-order valence-corrected chi connectivity index (χ3v) is 7.39. The number of carboxylic acid groups (broad SMARTS) is 1. The van der Waals surface area contributed by atoms with E-state index < -0.39 is 35.7 Å². The van der Waals surface area contributed by atoms with Crippen LogP contribution in [-0.4, -0.2) is 70.4 Å². The monoisotopic (exact) mass is 508 g/mol. The van der Waals surface area contributed by atoms with Crippen molar-refractivity contribution in [2.45, 2.75) is 30.6 Å². The van der Waals surface area contributed by atoms with Gasteiger partial charge in [-0.2, -0.15) is 24.9 Å². The molecule has 0 spiro atoms. The number of alkyl carbamates (subject to hydrolysis) is 1. The number of nitrogens with one attached hydrogen (secondary N) is 1. The van der Waals surface area contributed by atoms with Gasteiger partial charge in [-0.1, -0.05) is 48.5 Å². The number of ether oxygens (including phenoxy) is 1. The van der Waals surface area contributed by atoms with Crippen LogP contribution in [0.4, 0.5) is 18.0 Å². The maximum atomic E-state index is 14.1. The van der Waals surface area contributed by atoms with Gasteiger partial charge in [0.25, 0.3) is 5.91 Å². The number of carboxylic acids is 1. The zero-order valence-corrected chi connectivity index (χ0v) is 19.5. The molecule has 2 aliphatic rings. The molecule has 1 aliphatic carbocycles. The number of alkyl halides is 3. The summed E-state index contributed by atoms with van der Waals surface area (Å²) in [4.78, 5) is 37.7. The van der Waals surface area contributed by atoms with Gasteiger partial charge < -0.3 is 14.7 Å². The number of hydrogen-bond donors (Lipinski definition) is 2. The lowest BCUT2D eigenvalue weighted by Gasteiger charge is -2.40.